The van der Waals surface area contributed by atoms with E-state index in [9.17, 15) is 35.4 Å². The van der Waals surface area contributed by atoms with Gasteiger partial charge in [0.1, 0.15) is 30.5 Å². The van der Waals surface area contributed by atoms with Crippen molar-refractivity contribution in [1.82, 2.24) is 5.32 Å². The average molecular weight is 923 g/mol. The summed E-state index contributed by atoms with van der Waals surface area (Å²) in [5.74, 6) is -0.253. The third-order valence-electron chi connectivity index (χ3n) is 12.6. The lowest BCUT2D eigenvalue weighted by Crippen LogP contribution is -2.60. The second-order valence-corrected chi connectivity index (χ2v) is 19.0. The number of rotatable bonds is 44. The number of hydrogen-bond acceptors (Lipinski definition) is 9. The van der Waals surface area contributed by atoms with Crippen molar-refractivity contribution in [3.63, 3.8) is 0 Å². The first kappa shape index (κ1) is 57.6. The molecule has 1 aliphatic heterocycles. The number of alkyl halides is 1. The van der Waals surface area contributed by atoms with E-state index in [0.29, 0.717) is 6.42 Å². The highest BCUT2D eigenvalue weighted by molar-refractivity contribution is 9.09. The normalized spacial score (nSPS) is 21.0. The van der Waals surface area contributed by atoms with Crippen LogP contribution in [0.25, 0.3) is 0 Å². The highest BCUT2D eigenvalue weighted by Gasteiger charge is 2.44. The van der Waals surface area contributed by atoms with Gasteiger partial charge in [-0.1, -0.05) is 228 Å². The van der Waals surface area contributed by atoms with Gasteiger partial charge in [-0.2, -0.15) is 0 Å². The van der Waals surface area contributed by atoms with Crippen molar-refractivity contribution in [3.05, 3.63) is 0 Å². The standard InChI is InChI=1S/C49H96BrNO9/c1-2-3-4-5-6-7-8-21-24-27-30-33-36-42(53)45(55)41(40-59-49-48(58)47(57)46(56)43(39-52)60-49)51-44(54)37-34-31-28-25-22-19-17-15-13-11-9-10-12-14-16-18-20-23-26-29-32-35-38-50/h41-43,45-49,52-53,55-58H,2-40H2,1H3,(H,51,54)/t41-,42+,43+,45-,46-,47-,48+,49-/m0/s1. The number of aliphatic hydroxyl groups excluding tert-OH is 6. The Morgan fingerprint density at radius 3 is 1.35 bits per heavy atom. The summed E-state index contributed by atoms with van der Waals surface area (Å²) in [7, 11) is 0. The molecule has 0 aliphatic carbocycles. The van der Waals surface area contributed by atoms with Gasteiger partial charge in [0.25, 0.3) is 0 Å². The van der Waals surface area contributed by atoms with Crippen LogP contribution in [-0.2, 0) is 14.3 Å². The smallest absolute Gasteiger partial charge is 0.220 e. The van der Waals surface area contributed by atoms with Crippen LogP contribution in [0.15, 0.2) is 0 Å². The molecule has 0 aromatic heterocycles. The average Bonchev–Trinajstić information content (AvgIpc) is 3.25. The van der Waals surface area contributed by atoms with Gasteiger partial charge in [0.15, 0.2) is 6.29 Å². The number of ether oxygens (including phenoxy) is 2. The Balaban J connectivity index is 2.26. The topological polar surface area (TPSA) is 169 Å². The fourth-order valence-electron chi connectivity index (χ4n) is 8.46. The maximum atomic E-state index is 13.0. The lowest BCUT2D eigenvalue weighted by atomic mass is 9.98. The fraction of sp³-hybridized carbons (Fsp3) is 0.980. The lowest BCUT2D eigenvalue weighted by Gasteiger charge is -2.40. The Labute approximate surface area is 376 Å². The van der Waals surface area contributed by atoms with Crippen molar-refractivity contribution in [2.75, 3.05) is 18.5 Å². The van der Waals surface area contributed by atoms with Crippen LogP contribution in [0.3, 0.4) is 0 Å². The predicted molar refractivity (Wildman–Crippen MR) is 249 cm³/mol. The SMILES string of the molecule is CCCCCCCCCCCCCC[C@@H](O)[C@@H](O)[C@H](CO[C@H]1O[C@H](CO)[C@H](O)[C@H](O)[C@H]1O)NC(=O)CCCCCCCCCCCCCCCCCCCCCCCCBr. The third-order valence-corrected chi connectivity index (χ3v) is 13.1. The number of carbonyl (C=O) groups excluding carboxylic acids is 1. The van der Waals surface area contributed by atoms with E-state index in [0.717, 1.165) is 50.3 Å². The van der Waals surface area contributed by atoms with Crippen molar-refractivity contribution in [2.45, 2.75) is 287 Å². The summed E-state index contributed by atoms with van der Waals surface area (Å²) in [5.41, 5.74) is 0. The van der Waals surface area contributed by atoms with Gasteiger partial charge in [-0.05, 0) is 19.3 Å². The molecule has 0 aromatic rings. The van der Waals surface area contributed by atoms with Gasteiger partial charge in [-0.25, -0.2) is 0 Å². The van der Waals surface area contributed by atoms with Crippen LogP contribution in [0.5, 0.6) is 0 Å². The molecule has 1 rings (SSSR count). The Morgan fingerprint density at radius 2 is 0.950 bits per heavy atom. The second kappa shape index (κ2) is 41.3. The highest BCUT2D eigenvalue weighted by Crippen LogP contribution is 2.23. The van der Waals surface area contributed by atoms with E-state index in [-0.39, 0.29) is 18.9 Å². The number of unbranched alkanes of at least 4 members (excludes halogenated alkanes) is 32. The summed E-state index contributed by atoms with van der Waals surface area (Å²) in [4.78, 5) is 13.0. The van der Waals surface area contributed by atoms with E-state index in [1.54, 1.807) is 0 Å². The molecule has 10 nitrogen and oxygen atoms in total. The molecule has 0 unspecified atom stereocenters. The van der Waals surface area contributed by atoms with E-state index in [1.807, 2.05) is 0 Å². The zero-order valence-corrected chi connectivity index (χ0v) is 40.1. The Kier molecular flexibility index (Phi) is 39.7. The first-order chi connectivity index (χ1) is 29.3. The third kappa shape index (κ3) is 30.7. The van der Waals surface area contributed by atoms with Crippen LogP contribution in [0, 0.1) is 0 Å². The largest absolute Gasteiger partial charge is 0.394 e. The van der Waals surface area contributed by atoms with Crippen molar-refractivity contribution in [1.29, 1.82) is 0 Å². The predicted octanol–water partition coefficient (Wildman–Crippen LogP) is 10.5. The molecule has 0 spiro atoms. The van der Waals surface area contributed by atoms with Crippen molar-refractivity contribution >= 4 is 21.8 Å². The second-order valence-electron chi connectivity index (χ2n) is 18.2. The molecule has 7 N–H and O–H groups in total. The van der Waals surface area contributed by atoms with Crippen LogP contribution in [-0.4, -0.2) is 104 Å². The number of halogens is 1. The van der Waals surface area contributed by atoms with Crippen LogP contribution in [0.4, 0.5) is 0 Å². The van der Waals surface area contributed by atoms with Crippen molar-refractivity contribution in [2.24, 2.45) is 0 Å². The number of hydrogen-bond donors (Lipinski definition) is 7. The van der Waals surface area contributed by atoms with E-state index in [1.165, 1.54) is 173 Å². The maximum absolute atomic E-state index is 13.0. The molecule has 0 bridgehead atoms. The van der Waals surface area contributed by atoms with Gasteiger partial charge >= 0.3 is 0 Å². The Morgan fingerprint density at radius 1 is 0.567 bits per heavy atom. The molecule has 1 saturated heterocycles. The van der Waals surface area contributed by atoms with Gasteiger partial charge < -0.3 is 45.4 Å². The molecule has 0 aromatic carbocycles. The van der Waals surface area contributed by atoms with E-state index in [2.05, 4.69) is 28.2 Å². The first-order valence-corrected chi connectivity index (χ1v) is 26.5. The summed E-state index contributed by atoms with van der Waals surface area (Å²) >= 11 is 3.51. The lowest BCUT2D eigenvalue weighted by molar-refractivity contribution is -0.303. The summed E-state index contributed by atoms with van der Waals surface area (Å²) in [6, 6.07) is -0.985. The minimum absolute atomic E-state index is 0.253. The molecule has 8 atom stereocenters. The van der Waals surface area contributed by atoms with Crippen LogP contribution in [0.2, 0.25) is 0 Å². The Hall–Kier alpha value is -0.370. The fourth-order valence-corrected chi connectivity index (χ4v) is 8.85. The minimum atomic E-state index is -1.60. The molecular weight excluding hydrogens is 826 g/mol. The molecule has 11 heteroatoms. The molecule has 1 amide bonds. The maximum Gasteiger partial charge on any atom is 0.220 e. The van der Waals surface area contributed by atoms with Crippen LogP contribution >= 0.6 is 15.9 Å². The number of carbonyl (C=O) groups is 1. The minimum Gasteiger partial charge on any atom is -0.394 e. The van der Waals surface area contributed by atoms with Gasteiger partial charge in [0.2, 0.25) is 5.91 Å². The summed E-state index contributed by atoms with van der Waals surface area (Å²) < 4.78 is 11.2. The molecule has 0 saturated carbocycles. The van der Waals surface area contributed by atoms with Gasteiger partial charge in [0, 0.05) is 11.8 Å². The monoisotopic (exact) mass is 922 g/mol. The quantitative estimate of drug-likeness (QED) is 0.0232. The Bertz CT molecular complexity index is 933. The zero-order chi connectivity index (χ0) is 43.9. The van der Waals surface area contributed by atoms with E-state index >= 15 is 0 Å². The molecule has 0 radical (unpaired) electrons. The number of amides is 1. The number of aliphatic hydroxyl groups is 6. The highest BCUT2D eigenvalue weighted by atomic mass is 79.9. The van der Waals surface area contributed by atoms with Crippen LogP contribution in [0.1, 0.15) is 238 Å². The van der Waals surface area contributed by atoms with Gasteiger partial charge in [-0.3, -0.25) is 4.79 Å². The molecule has 60 heavy (non-hydrogen) atoms. The molecular formula is C49H96BrNO9. The van der Waals surface area contributed by atoms with Gasteiger partial charge in [0.05, 0.1) is 25.4 Å². The summed E-state index contributed by atoms with van der Waals surface area (Å²) in [6.07, 6.45) is 33.9. The van der Waals surface area contributed by atoms with E-state index in [4.69, 9.17) is 9.47 Å². The molecule has 358 valence electrons. The molecule has 1 fully saturated rings. The van der Waals surface area contributed by atoms with Crippen LogP contribution < -0.4 is 5.32 Å². The van der Waals surface area contributed by atoms with Crippen molar-refractivity contribution < 1.29 is 44.9 Å². The zero-order valence-electron chi connectivity index (χ0n) is 38.5. The summed E-state index contributed by atoms with van der Waals surface area (Å²) in [5, 5.41) is 66.4. The summed E-state index contributed by atoms with van der Waals surface area (Å²) in [6.45, 7) is 1.34. The van der Waals surface area contributed by atoms with E-state index < -0.39 is 55.6 Å². The van der Waals surface area contributed by atoms with Gasteiger partial charge in [-0.15, -0.1) is 0 Å². The molecule has 1 heterocycles. The number of nitrogens with one attached hydrogen (secondary N) is 1. The van der Waals surface area contributed by atoms with Crippen molar-refractivity contribution in [3.8, 4) is 0 Å². The molecule has 1 aliphatic rings. The first-order valence-electron chi connectivity index (χ1n) is 25.4.